The monoisotopic (exact) mass is 283 g/mol. The third-order valence-electron chi connectivity index (χ3n) is 4.97. The van der Waals surface area contributed by atoms with Crippen molar-refractivity contribution in [1.29, 1.82) is 0 Å². The van der Waals surface area contributed by atoms with Gasteiger partial charge in [-0.15, -0.1) is 0 Å². The number of hydrogen-bond donors (Lipinski definition) is 2. The molecule has 114 valence electrons. The van der Waals surface area contributed by atoms with E-state index in [9.17, 15) is 14.7 Å². The number of aliphatic carboxylic acids is 1. The van der Waals surface area contributed by atoms with Crippen LogP contribution in [-0.4, -0.2) is 65.2 Å². The second-order valence-corrected chi connectivity index (χ2v) is 6.75. The molecule has 2 amide bonds. The van der Waals surface area contributed by atoms with E-state index in [1.54, 1.807) is 4.90 Å². The molecule has 2 aliphatic rings. The predicted octanol–water partition coefficient (Wildman–Crippen LogP) is 0.974. The van der Waals surface area contributed by atoms with Crippen molar-refractivity contribution < 1.29 is 14.7 Å². The summed E-state index contributed by atoms with van der Waals surface area (Å²) in [5.74, 6) is -1.16. The number of carboxylic acid groups (broad SMARTS) is 1. The first-order valence-corrected chi connectivity index (χ1v) is 7.20. The molecule has 6 nitrogen and oxygen atoms in total. The third kappa shape index (κ3) is 2.61. The van der Waals surface area contributed by atoms with Gasteiger partial charge in [-0.3, -0.25) is 4.79 Å². The molecule has 0 aromatic heterocycles. The van der Waals surface area contributed by atoms with Crippen LogP contribution in [0.4, 0.5) is 4.79 Å². The molecular weight excluding hydrogens is 258 g/mol. The Balaban J connectivity index is 1.96. The number of fused-ring (bicyclic) bond motifs is 2. The number of nitrogens with one attached hydrogen (secondary N) is 1. The average Bonchev–Trinajstić information content (AvgIpc) is 2.93. The normalized spacial score (nSPS) is 29.1. The van der Waals surface area contributed by atoms with E-state index in [0.717, 1.165) is 12.8 Å². The van der Waals surface area contributed by atoms with E-state index in [-0.39, 0.29) is 29.6 Å². The Kier molecular flexibility index (Phi) is 3.95. The van der Waals surface area contributed by atoms with Crippen molar-refractivity contribution in [3.05, 3.63) is 0 Å². The third-order valence-corrected chi connectivity index (χ3v) is 4.97. The van der Waals surface area contributed by atoms with Gasteiger partial charge < -0.3 is 20.2 Å². The van der Waals surface area contributed by atoms with Crippen LogP contribution < -0.4 is 5.32 Å². The molecule has 3 atom stereocenters. The summed E-state index contributed by atoms with van der Waals surface area (Å²) in [6.07, 6.45) is 2.34. The van der Waals surface area contributed by atoms with Crippen molar-refractivity contribution in [3.8, 4) is 0 Å². The van der Waals surface area contributed by atoms with Crippen LogP contribution in [0.15, 0.2) is 0 Å². The highest BCUT2D eigenvalue weighted by Crippen LogP contribution is 2.41. The van der Waals surface area contributed by atoms with E-state index in [2.05, 4.69) is 24.1 Å². The summed E-state index contributed by atoms with van der Waals surface area (Å²) in [5.41, 5.74) is -0.124. The molecule has 0 saturated carbocycles. The van der Waals surface area contributed by atoms with Gasteiger partial charge in [0, 0.05) is 24.2 Å². The van der Waals surface area contributed by atoms with Crippen LogP contribution in [-0.2, 0) is 4.79 Å². The lowest BCUT2D eigenvalue weighted by Gasteiger charge is -2.34. The second kappa shape index (κ2) is 5.24. The zero-order valence-electron chi connectivity index (χ0n) is 12.7. The summed E-state index contributed by atoms with van der Waals surface area (Å²) in [7, 11) is 3.96. The van der Waals surface area contributed by atoms with Crippen LogP contribution in [0.25, 0.3) is 0 Å². The molecule has 0 radical (unpaired) electrons. The van der Waals surface area contributed by atoms with Crippen molar-refractivity contribution in [2.24, 2.45) is 5.92 Å². The Labute approximate surface area is 120 Å². The van der Waals surface area contributed by atoms with Crippen LogP contribution >= 0.6 is 0 Å². The predicted molar refractivity (Wildman–Crippen MR) is 75.6 cm³/mol. The van der Waals surface area contributed by atoms with Crippen LogP contribution in [0, 0.1) is 5.92 Å². The molecular formula is C14H25N3O3. The van der Waals surface area contributed by atoms with Gasteiger partial charge in [0.25, 0.3) is 0 Å². The van der Waals surface area contributed by atoms with E-state index in [1.165, 1.54) is 0 Å². The van der Waals surface area contributed by atoms with E-state index in [0.29, 0.717) is 13.0 Å². The molecule has 2 heterocycles. The first kappa shape index (κ1) is 15.1. The Morgan fingerprint density at radius 1 is 1.35 bits per heavy atom. The molecule has 2 fully saturated rings. The molecule has 2 saturated heterocycles. The first-order chi connectivity index (χ1) is 9.24. The average molecular weight is 283 g/mol. The van der Waals surface area contributed by atoms with Crippen LogP contribution in [0.1, 0.15) is 33.1 Å². The molecule has 20 heavy (non-hydrogen) atoms. The zero-order valence-corrected chi connectivity index (χ0v) is 12.7. The molecule has 2 N–H and O–H groups in total. The minimum Gasteiger partial charge on any atom is -0.481 e. The summed E-state index contributed by atoms with van der Waals surface area (Å²) in [6, 6.07) is -0.139. The fourth-order valence-electron chi connectivity index (χ4n) is 3.11. The lowest BCUT2D eigenvalue weighted by atomic mass is 9.89. The van der Waals surface area contributed by atoms with Gasteiger partial charge in [0.15, 0.2) is 0 Å². The van der Waals surface area contributed by atoms with E-state index >= 15 is 0 Å². The molecule has 2 aliphatic heterocycles. The second-order valence-electron chi connectivity index (χ2n) is 6.75. The Morgan fingerprint density at radius 2 is 2.00 bits per heavy atom. The number of hydrogen-bond acceptors (Lipinski definition) is 3. The zero-order chi connectivity index (χ0) is 15.1. The Morgan fingerprint density at radius 3 is 2.50 bits per heavy atom. The first-order valence-electron chi connectivity index (χ1n) is 7.20. The molecule has 3 unspecified atom stereocenters. The standard InChI is InChI=1S/C14H25N3O3/c1-14(2,16(3)4)8-15-13(20)17-9-5-6-11(17)10(7-9)12(18)19/h9-11H,5-8H2,1-4H3,(H,15,20)(H,18,19). The highest BCUT2D eigenvalue weighted by Gasteiger charge is 2.51. The number of nitrogens with zero attached hydrogens (tertiary/aromatic N) is 2. The van der Waals surface area contributed by atoms with Crippen molar-refractivity contribution in [3.63, 3.8) is 0 Å². The number of carbonyl (C=O) groups is 2. The maximum absolute atomic E-state index is 12.3. The minimum absolute atomic E-state index is 0.101. The fraction of sp³-hybridized carbons (Fsp3) is 0.857. The summed E-state index contributed by atoms with van der Waals surface area (Å²) in [5, 5.41) is 12.2. The topological polar surface area (TPSA) is 72.9 Å². The van der Waals surface area contributed by atoms with Crippen molar-refractivity contribution in [1.82, 2.24) is 15.1 Å². The van der Waals surface area contributed by atoms with E-state index < -0.39 is 5.97 Å². The molecule has 2 bridgehead atoms. The lowest BCUT2D eigenvalue weighted by Crippen LogP contribution is -2.52. The highest BCUT2D eigenvalue weighted by molar-refractivity contribution is 5.79. The van der Waals surface area contributed by atoms with Crippen LogP contribution in [0.5, 0.6) is 0 Å². The number of likely N-dealkylation sites (N-methyl/N-ethyl adjacent to an activating group) is 1. The molecule has 2 rings (SSSR count). The van der Waals surface area contributed by atoms with Gasteiger partial charge in [0.2, 0.25) is 0 Å². The van der Waals surface area contributed by atoms with Gasteiger partial charge in [-0.05, 0) is 47.2 Å². The maximum Gasteiger partial charge on any atom is 0.317 e. The SMILES string of the molecule is CN(C)C(C)(C)CNC(=O)N1C2CCC1C(C(=O)O)C2. The quantitative estimate of drug-likeness (QED) is 0.806. The van der Waals surface area contributed by atoms with Crippen molar-refractivity contribution >= 4 is 12.0 Å². The number of carboxylic acids is 1. The van der Waals surface area contributed by atoms with Gasteiger partial charge in [0.05, 0.1) is 5.92 Å². The number of rotatable bonds is 4. The summed E-state index contributed by atoms with van der Waals surface area (Å²) >= 11 is 0. The van der Waals surface area contributed by atoms with Gasteiger partial charge in [-0.25, -0.2) is 4.79 Å². The smallest absolute Gasteiger partial charge is 0.317 e. The lowest BCUT2D eigenvalue weighted by molar-refractivity contribution is -0.142. The van der Waals surface area contributed by atoms with Crippen molar-refractivity contribution in [2.75, 3.05) is 20.6 Å². The van der Waals surface area contributed by atoms with Crippen molar-refractivity contribution in [2.45, 2.75) is 50.7 Å². The summed E-state index contributed by atoms with van der Waals surface area (Å²) < 4.78 is 0. The van der Waals surface area contributed by atoms with E-state index in [1.807, 2.05) is 14.1 Å². The van der Waals surface area contributed by atoms with Crippen LogP contribution in [0.3, 0.4) is 0 Å². The van der Waals surface area contributed by atoms with Gasteiger partial charge in [-0.1, -0.05) is 0 Å². The Hall–Kier alpha value is -1.30. The molecule has 0 aliphatic carbocycles. The molecule has 0 spiro atoms. The van der Waals surface area contributed by atoms with Gasteiger partial charge in [-0.2, -0.15) is 0 Å². The number of urea groups is 1. The summed E-state index contributed by atoms with van der Waals surface area (Å²) in [4.78, 5) is 27.4. The largest absolute Gasteiger partial charge is 0.481 e. The summed E-state index contributed by atoms with van der Waals surface area (Å²) in [6.45, 7) is 4.67. The molecule has 0 aromatic carbocycles. The fourth-order valence-corrected chi connectivity index (χ4v) is 3.11. The number of carbonyl (C=O) groups excluding carboxylic acids is 1. The molecule has 6 heteroatoms. The van der Waals surface area contributed by atoms with Gasteiger partial charge >= 0.3 is 12.0 Å². The van der Waals surface area contributed by atoms with Gasteiger partial charge in [0.1, 0.15) is 0 Å². The highest BCUT2D eigenvalue weighted by atomic mass is 16.4. The Bertz CT molecular complexity index is 408. The minimum atomic E-state index is -0.774. The molecule has 0 aromatic rings. The maximum atomic E-state index is 12.3. The van der Waals surface area contributed by atoms with E-state index in [4.69, 9.17) is 0 Å². The number of amides is 2. The van der Waals surface area contributed by atoms with Crippen LogP contribution in [0.2, 0.25) is 0 Å².